The Labute approximate surface area is 94.8 Å². The maximum atomic E-state index is 10.7. The maximum Gasteiger partial charge on any atom is 0.307 e. The standard InChI is InChI=1S/C12H16O4/c1-4-8-5-9(7-11(13)14)12(16-3)10(6-8)15-2/h5-6H,4,7H2,1-3H3,(H,13,14). The average molecular weight is 224 g/mol. The summed E-state index contributed by atoms with van der Waals surface area (Å²) in [6, 6.07) is 3.71. The van der Waals surface area contributed by atoms with E-state index in [2.05, 4.69) is 0 Å². The SMILES string of the molecule is CCc1cc(CC(=O)O)c(OC)c(OC)c1. The first-order valence-corrected chi connectivity index (χ1v) is 5.07. The van der Waals surface area contributed by atoms with Crippen molar-refractivity contribution in [2.24, 2.45) is 0 Å². The number of benzene rings is 1. The van der Waals surface area contributed by atoms with E-state index >= 15 is 0 Å². The molecule has 0 radical (unpaired) electrons. The molecule has 0 saturated heterocycles. The summed E-state index contributed by atoms with van der Waals surface area (Å²) in [7, 11) is 3.05. The number of rotatable bonds is 5. The predicted octanol–water partition coefficient (Wildman–Crippen LogP) is 1.89. The molecule has 0 heterocycles. The minimum atomic E-state index is -0.881. The Kier molecular flexibility index (Phi) is 4.17. The Morgan fingerprint density at radius 2 is 2.00 bits per heavy atom. The third-order valence-electron chi connectivity index (χ3n) is 2.37. The van der Waals surface area contributed by atoms with Crippen LogP contribution in [0.5, 0.6) is 11.5 Å². The monoisotopic (exact) mass is 224 g/mol. The summed E-state index contributed by atoms with van der Waals surface area (Å²) in [5, 5.41) is 8.82. The van der Waals surface area contributed by atoms with Gasteiger partial charge in [-0.2, -0.15) is 0 Å². The molecule has 0 amide bonds. The van der Waals surface area contributed by atoms with E-state index in [1.165, 1.54) is 7.11 Å². The molecular weight excluding hydrogens is 208 g/mol. The maximum absolute atomic E-state index is 10.7. The second-order valence-electron chi connectivity index (χ2n) is 3.41. The Balaban J connectivity index is 3.25. The number of aryl methyl sites for hydroxylation is 1. The zero-order valence-electron chi connectivity index (χ0n) is 9.74. The molecule has 0 atom stereocenters. The number of carbonyl (C=O) groups is 1. The van der Waals surface area contributed by atoms with Gasteiger partial charge in [-0.1, -0.05) is 13.0 Å². The Bertz CT molecular complexity index is 385. The van der Waals surface area contributed by atoms with E-state index < -0.39 is 5.97 Å². The average Bonchev–Trinajstić information content (AvgIpc) is 2.27. The fraction of sp³-hybridized carbons (Fsp3) is 0.417. The quantitative estimate of drug-likeness (QED) is 0.829. The number of methoxy groups -OCH3 is 2. The topological polar surface area (TPSA) is 55.8 Å². The highest BCUT2D eigenvalue weighted by Gasteiger charge is 2.14. The van der Waals surface area contributed by atoms with E-state index in [9.17, 15) is 4.79 Å². The molecule has 0 spiro atoms. The van der Waals surface area contributed by atoms with Crippen molar-refractivity contribution in [1.82, 2.24) is 0 Å². The van der Waals surface area contributed by atoms with Gasteiger partial charge in [0.15, 0.2) is 11.5 Å². The lowest BCUT2D eigenvalue weighted by Gasteiger charge is -2.13. The normalized spacial score (nSPS) is 9.94. The molecule has 16 heavy (non-hydrogen) atoms. The lowest BCUT2D eigenvalue weighted by atomic mass is 10.0. The summed E-state index contributed by atoms with van der Waals surface area (Å²) < 4.78 is 10.4. The molecule has 0 bridgehead atoms. The first kappa shape index (κ1) is 12.4. The number of carboxylic acids is 1. The van der Waals surface area contributed by atoms with E-state index in [1.54, 1.807) is 7.11 Å². The van der Waals surface area contributed by atoms with E-state index in [1.807, 2.05) is 19.1 Å². The van der Waals surface area contributed by atoms with Crippen molar-refractivity contribution >= 4 is 5.97 Å². The van der Waals surface area contributed by atoms with E-state index in [4.69, 9.17) is 14.6 Å². The highest BCUT2D eigenvalue weighted by molar-refractivity contribution is 5.72. The number of hydrogen-bond acceptors (Lipinski definition) is 3. The molecule has 0 saturated carbocycles. The Hall–Kier alpha value is -1.71. The molecule has 4 heteroatoms. The first-order chi connectivity index (χ1) is 7.62. The molecule has 1 aromatic rings. The minimum absolute atomic E-state index is 0.0621. The van der Waals surface area contributed by atoms with Crippen LogP contribution in [0, 0.1) is 0 Å². The molecule has 0 unspecified atom stereocenters. The zero-order valence-corrected chi connectivity index (χ0v) is 9.74. The fourth-order valence-corrected chi connectivity index (χ4v) is 1.60. The van der Waals surface area contributed by atoms with Crippen molar-refractivity contribution < 1.29 is 19.4 Å². The van der Waals surface area contributed by atoms with Crippen molar-refractivity contribution in [1.29, 1.82) is 0 Å². The summed E-state index contributed by atoms with van der Waals surface area (Å²) >= 11 is 0. The van der Waals surface area contributed by atoms with Crippen LogP contribution in [-0.2, 0) is 17.6 Å². The summed E-state index contributed by atoms with van der Waals surface area (Å²) in [6.07, 6.45) is 0.764. The van der Waals surface area contributed by atoms with Crippen molar-refractivity contribution in [2.45, 2.75) is 19.8 Å². The highest BCUT2D eigenvalue weighted by atomic mass is 16.5. The van der Waals surface area contributed by atoms with Crippen molar-refractivity contribution in [3.63, 3.8) is 0 Å². The molecule has 0 fully saturated rings. The van der Waals surface area contributed by atoms with Crippen LogP contribution in [0.3, 0.4) is 0 Å². The van der Waals surface area contributed by atoms with Gasteiger partial charge in [0.25, 0.3) is 0 Å². The number of aliphatic carboxylic acids is 1. The predicted molar refractivity (Wildman–Crippen MR) is 60.3 cm³/mol. The molecule has 4 nitrogen and oxygen atoms in total. The fourth-order valence-electron chi connectivity index (χ4n) is 1.60. The lowest BCUT2D eigenvalue weighted by Crippen LogP contribution is -2.04. The van der Waals surface area contributed by atoms with Gasteiger partial charge >= 0.3 is 5.97 Å². The smallest absolute Gasteiger partial charge is 0.307 e. The largest absolute Gasteiger partial charge is 0.493 e. The van der Waals surface area contributed by atoms with Crippen molar-refractivity contribution in [3.8, 4) is 11.5 Å². The van der Waals surface area contributed by atoms with Gasteiger partial charge in [0.2, 0.25) is 0 Å². The van der Waals surface area contributed by atoms with Crippen LogP contribution in [-0.4, -0.2) is 25.3 Å². The van der Waals surface area contributed by atoms with Gasteiger partial charge in [0.1, 0.15) is 0 Å². The first-order valence-electron chi connectivity index (χ1n) is 5.07. The molecule has 1 rings (SSSR count). The Morgan fingerprint density at radius 1 is 1.31 bits per heavy atom. The molecule has 0 aliphatic carbocycles. The second-order valence-corrected chi connectivity index (χ2v) is 3.41. The lowest BCUT2D eigenvalue weighted by molar-refractivity contribution is -0.136. The van der Waals surface area contributed by atoms with Crippen LogP contribution in [0.15, 0.2) is 12.1 Å². The molecule has 1 aromatic carbocycles. The van der Waals surface area contributed by atoms with Crippen LogP contribution in [0.4, 0.5) is 0 Å². The number of carboxylic acid groups (broad SMARTS) is 1. The van der Waals surface area contributed by atoms with Gasteiger partial charge in [0, 0.05) is 5.56 Å². The third-order valence-corrected chi connectivity index (χ3v) is 2.37. The van der Waals surface area contributed by atoms with Crippen LogP contribution in [0.25, 0.3) is 0 Å². The minimum Gasteiger partial charge on any atom is -0.493 e. The zero-order chi connectivity index (χ0) is 12.1. The summed E-state index contributed by atoms with van der Waals surface area (Å²) in [5.74, 6) is 0.203. The molecular formula is C12H16O4. The van der Waals surface area contributed by atoms with E-state index in [-0.39, 0.29) is 6.42 Å². The van der Waals surface area contributed by atoms with Gasteiger partial charge in [-0.05, 0) is 18.1 Å². The van der Waals surface area contributed by atoms with Gasteiger partial charge in [-0.15, -0.1) is 0 Å². The highest BCUT2D eigenvalue weighted by Crippen LogP contribution is 2.33. The molecule has 88 valence electrons. The third kappa shape index (κ3) is 2.66. The molecule has 0 aliphatic heterocycles. The molecule has 0 aliphatic rings. The summed E-state index contributed by atoms with van der Waals surface area (Å²) in [4.78, 5) is 10.7. The Morgan fingerprint density at radius 3 is 2.44 bits per heavy atom. The van der Waals surface area contributed by atoms with Gasteiger partial charge in [0.05, 0.1) is 20.6 Å². The molecule has 0 aromatic heterocycles. The van der Waals surface area contributed by atoms with Crippen LogP contribution < -0.4 is 9.47 Å². The van der Waals surface area contributed by atoms with Crippen molar-refractivity contribution in [2.75, 3.05) is 14.2 Å². The van der Waals surface area contributed by atoms with Crippen LogP contribution in [0.1, 0.15) is 18.1 Å². The van der Waals surface area contributed by atoms with E-state index in [0.717, 1.165) is 12.0 Å². The van der Waals surface area contributed by atoms with Crippen LogP contribution >= 0.6 is 0 Å². The summed E-state index contributed by atoms with van der Waals surface area (Å²) in [5.41, 5.74) is 1.68. The molecule has 1 N–H and O–H groups in total. The van der Waals surface area contributed by atoms with Gasteiger partial charge in [-0.25, -0.2) is 0 Å². The number of hydrogen-bond donors (Lipinski definition) is 1. The second kappa shape index (κ2) is 5.39. The van der Waals surface area contributed by atoms with Crippen LogP contribution in [0.2, 0.25) is 0 Å². The number of ether oxygens (including phenoxy) is 2. The van der Waals surface area contributed by atoms with Gasteiger partial charge in [-0.3, -0.25) is 4.79 Å². The van der Waals surface area contributed by atoms with E-state index in [0.29, 0.717) is 17.1 Å². The van der Waals surface area contributed by atoms with Crippen molar-refractivity contribution in [3.05, 3.63) is 23.3 Å². The summed E-state index contributed by atoms with van der Waals surface area (Å²) in [6.45, 7) is 2.01. The van der Waals surface area contributed by atoms with Gasteiger partial charge < -0.3 is 14.6 Å².